The van der Waals surface area contributed by atoms with Crippen molar-refractivity contribution in [2.75, 3.05) is 0 Å². The SMILES string of the molecule is CC(C)Oc1ccc(-c2nc3s/c(=C/c4cccs4)c(=O)n3n2)cc1. The Bertz CT molecular complexity index is 1110. The maximum Gasteiger partial charge on any atom is 0.291 e. The molecule has 0 saturated carbocycles. The molecule has 3 heterocycles. The molecule has 0 saturated heterocycles. The molecule has 0 aliphatic carbocycles. The van der Waals surface area contributed by atoms with Crippen LogP contribution in [0.1, 0.15) is 18.7 Å². The Morgan fingerprint density at radius 3 is 2.64 bits per heavy atom. The van der Waals surface area contributed by atoms with Crippen molar-refractivity contribution in [2.24, 2.45) is 0 Å². The normalized spacial score (nSPS) is 12.4. The number of nitrogens with zero attached hydrogens (tertiary/aromatic N) is 3. The molecule has 0 spiro atoms. The molecule has 0 radical (unpaired) electrons. The van der Waals surface area contributed by atoms with Gasteiger partial charge in [-0.25, -0.2) is 0 Å². The Balaban J connectivity index is 1.70. The fraction of sp³-hybridized carbons (Fsp3) is 0.167. The molecular formula is C18H15N3O2S2. The summed E-state index contributed by atoms with van der Waals surface area (Å²) in [4.78, 5) is 18.6. The van der Waals surface area contributed by atoms with Gasteiger partial charge < -0.3 is 4.74 Å². The minimum Gasteiger partial charge on any atom is -0.491 e. The molecule has 0 atom stereocenters. The molecule has 1 aromatic carbocycles. The van der Waals surface area contributed by atoms with Gasteiger partial charge in [-0.3, -0.25) is 4.79 Å². The third-order valence-electron chi connectivity index (χ3n) is 3.48. The summed E-state index contributed by atoms with van der Waals surface area (Å²) in [6.07, 6.45) is 2.01. The third kappa shape index (κ3) is 3.20. The zero-order valence-corrected chi connectivity index (χ0v) is 15.3. The lowest BCUT2D eigenvalue weighted by atomic mass is 10.2. The van der Waals surface area contributed by atoms with Crippen LogP contribution in [0.3, 0.4) is 0 Å². The Kier molecular flexibility index (Phi) is 4.10. The quantitative estimate of drug-likeness (QED) is 0.554. The predicted octanol–water partition coefficient (Wildman–Crippen LogP) is 3.21. The number of thiazole rings is 1. The average molecular weight is 369 g/mol. The van der Waals surface area contributed by atoms with E-state index in [0.29, 0.717) is 15.3 Å². The summed E-state index contributed by atoms with van der Waals surface area (Å²) in [5.41, 5.74) is 0.724. The Hall–Kier alpha value is -2.51. The molecule has 0 unspecified atom stereocenters. The molecule has 7 heteroatoms. The van der Waals surface area contributed by atoms with Crippen molar-refractivity contribution >= 4 is 33.7 Å². The number of fused-ring (bicyclic) bond motifs is 1. The second-order valence-electron chi connectivity index (χ2n) is 5.75. The molecular weight excluding hydrogens is 354 g/mol. The zero-order valence-electron chi connectivity index (χ0n) is 13.7. The van der Waals surface area contributed by atoms with Gasteiger partial charge in [0.05, 0.1) is 10.6 Å². The number of hydrogen-bond donors (Lipinski definition) is 0. The third-order valence-corrected chi connectivity index (χ3v) is 5.26. The molecule has 3 aromatic heterocycles. The van der Waals surface area contributed by atoms with Gasteiger partial charge in [0.25, 0.3) is 5.56 Å². The predicted molar refractivity (Wildman–Crippen MR) is 101 cm³/mol. The lowest BCUT2D eigenvalue weighted by Crippen LogP contribution is -2.23. The smallest absolute Gasteiger partial charge is 0.291 e. The highest BCUT2D eigenvalue weighted by Crippen LogP contribution is 2.21. The van der Waals surface area contributed by atoms with Crippen molar-refractivity contribution in [1.29, 1.82) is 0 Å². The monoisotopic (exact) mass is 369 g/mol. The standard InChI is InChI=1S/C18H15N3O2S2/c1-11(2)23-13-7-5-12(6-8-13)16-19-18-21(20-16)17(22)15(25-18)10-14-4-3-9-24-14/h3-11H,1-2H3/b15-10+. The zero-order chi connectivity index (χ0) is 17.4. The maximum absolute atomic E-state index is 12.5. The van der Waals surface area contributed by atoms with Gasteiger partial charge in [-0.05, 0) is 55.6 Å². The number of ether oxygens (including phenoxy) is 1. The molecule has 0 fully saturated rings. The highest BCUT2D eigenvalue weighted by molar-refractivity contribution is 7.15. The fourth-order valence-corrected chi connectivity index (χ4v) is 4.04. The van der Waals surface area contributed by atoms with Crippen molar-refractivity contribution in [2.45, 2.75) is 20.0 Å². The summed E-state index contributed by atoms with van der Waals surface area (Å²) in [6.45, 7) is 3.97. The van der Waals surface area contributed by atoms with Crippen LogP contribution < -0.4 is 14.8 Å². The number of benzene rings is 1. The van der Waals surface area contributed by atoms with Gasteiger partial charge in [-0.2, -0.15) is 9.50 Å². The topological polar surface area (TPSA) is 56.5 Å². The van der Waals surface area contributed by atoms with Crippen molar-refractivity contribution in [3.63, 3.8) is 0 Å². The first-order valence-corrected chi connectivity index (χ1v) is 9.51. The molecule has 4 aromatic rings. The van der Waals surface area contributed by atoms with Crippen LogP contribution in [0.5, 0.6) is 5.75 Å². The molecule has 126 valence electrons. The lowest BCUT2D eigenvalue weighted by Gasteiger charge is -2.09. The lowest BCUT2D eigenvalue weighted by molar-refractivity contribution is 0.242. The molecule has 4 rings (SSSR count). The van der Waals surface area contributed by atoms with Gasteiger partial charge >= 0.3 is 0 Å². The van der Waals surface area contributed by atoms with E-state index in [1.54, 1.807) is 11.3 Å². The van der Waals surface area contributed by atoms with Gasteiger partial charge in [0.2, 0.25) is 4.96 Å². The fourth-order valence-electron chi connectivity index (χ4n) is 2.41. The Morgan fingerprint density at radius 1 is 1.20 bits per heavy atom. The van der Waals surface area contributed by atoms with Crippen molar-refractivity contribution in [3.05, 3.63) is 61.5 Å². The first-order chi connectivity index (χ1) is 12.1. The van der Waals surface area contributed by atoms with Crippen LogP contribution in [0.4, 0.5) is 0 Å². The second-order valence-corrected chi connectivity index (χ2v) is 7.74. The Labute approximate surface area is 151 Å². The summed E-state index contributed by atoms with van der Waals surface area (Å²) in [7, 11) is 0. The van der Waals surface area contributed by atoms with Crippen LogP contribution in [0.2, 0.25) is 0 Å². The summed E-state index contributed by atoms with van der Waals surface area (Å²) in [5, 5.41) is 6.35. The van der Waals surface area contributed by atoms with Crippen molar-refractivity contribution in [1.82, 2.24) is 14.6 Å². The van der Waals surface area contributed by atoms with E-state index in [0.717, 1.165) is 16.2 Å². The molecule has 25 heavy (non-hydrogen) atoms. The maximum atomic E-state index is 12.5. The van der Waals surface area contributed by atoms with Crippen LogP contribution in [0.15, 0.2) is 46.6 Å². The van der Waals surface area contributed by atoms with E-state index >= 15 is 0 Å². The van der Waals surface area contributed by atoms with Crippen molar-refractivity contribution < 1.29 is 4.74 Å². The van der Waals surface area contributed by atoms with Crippen LogP contribution in [0, 0.1) is 0 Å². The van der Waals surface area contributed by atoms with Gasteiger partial charge in [0.1, 0.15) is 5.75 Å². The van der Waals surface area contributed by atoms with Gasteiger partial charge in [0, 0.05) is 10.4 Å². The van der Waals surface area contributed by atoms with Gasteiger partial charge in [-0.1, -0.05) is 17.4 Å². The second kappa shape index (κ2) is 6.42. The number of rotatable bonds is 4. The number of hydrogen-bond acceptors (Lipinski definition) is 6. The molecule has 0 amide bonds. The van der Waals surface area contributed by atoms with Gasteiger partial charge in [0.15, 0.2) is 5.82 Å². The van der Waals surface area contributed by atoms with Crippen LogP contribution >= 0.6 is 22.7 Å². The molecule has 0 aliphatic heterocycles. The summed E-state index contributed by atoms with van der Waals surface area (Å²) < 4.78 is 7.65. The van der Waals surface area contributed by atoms with Gasteiger partial charge in [-0.15, -0.1) is 16.4 Å². The Morgan fingerprint density at radius 2 is 2.00 bits per heavy atom. The van der Waals surface area contributed by atoms with E-state index in [4.69, 9.17) is 4.74 Å². The minimum atomic E-state index is -0.132. The van der Waals surface area contributed by atoms with E-state index < -0.39 is 0 Å². The summed E-state index contributed by atoms with van der Waals surface area (Å²) in [5.74, 6) is 1.35. The van der Waals surface area contributed by atoms with E-state index in [-0.39, 0.29) is 11.7 Å². The highest BCUT2D eigenvalue weighted by Gasteiger charge is 2.12. The number of thiophene rings is 1. The summed E-state index contributed by atoms with van der Waals surface area (Å²) in [6, 6.07) is 11.5. The van der Waals surface area contributed by atoms with Crippen LogP contribution in [-0.4, -0.2) is 20.7 Å². The van der Waals surface area contributed by atoms with E-state index in [1.165, 1.54) is 15.9 Å². The first-order valence-electron chi connectivity index (χ1n) is 7.82. The largest absolute Gasteiger partial charge is 0.491 e. The molecule has 0 N–H and O–H groups in total. The minimum absolute atomic E-state index is 0.128. The average Bonchev–Trinajstić information content (AvgIpc) is 3.28. The van der Waals surface area contributed by atoms with Crippen LogP contribution in [-0.2, 0) is 0 Å². The molecule has 0 aliphatic rings. The molecule has 0 bridgehead atoms. The van der Waals surface area contributed by atoms with E-state index in [1.807, 2.05) is 61.7 Å². The van der Waals surface area contributed by atoms with E-state index in [9.17, 15) is 4.79 Å². The highest BCUT2D eigenvalue weighted by atomic mass is 32.1. The first kappa shape index (κ1) is 16.0. The van der Waals surface area contributed by atoms with Crippen LogP contribution in [0.25, 0.3) is 22.4 Å². The summed E-state index contributed by atoms with van der Waals surface area (Å²) >= 11 is 2.95. The van der Waals surface area contributed by atoms with E-state index in [2.05, 4.69) is 10.1 Å². The number of aromatic nitrogens is 3. The molecule has 5 nitrogen and oxygen atoms in total. The van der Waals surface area contributed by atoms with Crippen molar-refractivity contribution in [3.8, 4) is 17.1 Å².